The number of imide groups is 2. The standard InChI is InChI=1S/C19H17N3O4/c1-26-15-9-7-14(8-10-15)22-18(24)16(17(23)21-19(22)25)12-20-11-13-5-3-2-4-6-13/h2-10,12,16H,11H2,1H3,(H,21,23,25)/t16-/m1/s1. The number of urea groups is 1. The lowest BCUT2D eigenvalue weighted by molar-refractivity contribution is -0.131. The van der Waals surface area contributed by atoms with Gasteiger partial charge in [0.2, 0.25) is 5.91 Å². The summed E-state index contributed by atoms with van der Waals surface area (Å²) in [6.45, 7) is 0.342. The van der Waals surface area contributed by atoms with E-state index in [0.29, 0.717) is 18.0 Å². The summed E-state index contributed by atoms with van der Waals surface area (Å²) in [6.07, 6.45) is 1.29. The molecule has 7 heteroatoms. The molecule has 0 aliphatic carbocycles. The zero-order valence-corrected chi connectivity index (χ0v) is 14.1. The molecule has 0 aromatic heterocycles. The van der Waals surface area contributed by atoms with Crippen LogP contribution in [0.5, 0.6) is 5.75 Å². The van der Waals surface area contributed by atoms with Crippen molar-refractivity contribution in [1.29, 1.82) is 0 Å². The summed E-state index contributed by atoms with van der Waals surface area (Å²) >= 11 is 0. The Kier molecular flexibility index (Phi) is 5.07. The van der Waals surface area contributed by atoms with Gasteiger partial charge in [0, 0.05) is 6.21 Å². The Bertz CT molecular complexity index is 847. The molecule has 0 bridgehead atoms. The Morgan fingerprint density at radius 1 is 1.08 bits per heavy atom. The van der Waals surface area contributed by atoms with Crippen LogP contribution in [0, 0.1) is 5.92 Å². The minimum absolute atomic E-state index is 0.342. The van der Waals surface area contributed by atoms with E-state index < -0.39 is 23.8 Å². The van der Waals surface area contributed by atoms with Crippen LogP contribution in [0.2, 0.25) is 0 Å². The van der Waals surface area contributed by atoms with Gasteiger partial charge in [-0.2, -0.15) is 0 Å². The summed E-state index contributed by atoms with van der Waals surface area (Å²) in [6, 6.07) is 15.1. The number of hydrogen-bond acceptors (Lipinski definition) is 5. The molecule has 0 spiro atoms. The Morgan fingerprint density at radius 3 is 2.42 bits per heavy atom. The third-order valence-corrected chi connectivity index (χ3v) is 3.90. The van der Waals surface area contributed by atoms with Crippen molar-refractivity contribution in [3.05, 3.63) is 60.2 Å². The number of carbonyl (C=O) groups is 3. The number of amides is 4. The van der Waals surface area contributed by atoms with E-state index in [2.05, 4.69) is 10.3 Å². The number of carbonyl (C=O) groups excluding carboxylic acids is 3. The molecule has 1 saturated heterocycles. The van der Waals surface area contributed by atoms with Crippen LogP contribution in [0.4, 0.5) is 10.5 Å². The number of benzene rings is 2. The van der Waals surface area contributed by atoms with Crippen LogP contribution in [-0.4, -0.2) is 31.2 Å². The lowest BCUT2D eigenvalue weighted by Gasteiger charge is -2.28. The van der Waals surface area contributed by atoms with Crippen molar-refractivity contribution >= 4 is 29.7 Å². The van der Waals surface area contributed by atoms with Crippen LogP contribution in [0.3, 0.4) is 0 Å². The normalized spacial score (nSPS) is 17.5. The highest BCUT2D eigenvalue weighted by Crippen LogP contribution is 2.23. The predicted octanol–water partition coefficient (Wildman–Crippen LogP) is 2.17. The number of nitrogens with one attached hydrogen (secondary N) is 1. The molecule has 2 aromatic carbocycles. The van der Waals surface area contributed by atoms with E-state index in [1.165, 1.54) is 13.3 Å². The van der Waals surface area contributed by atoms with E-state index >= 15 is 0 Å². The highest BCUT2D eigenvalue weighted by atomic mass is 16.5. The molecule has 0 radical (unpaired) electrons. The summed E-state index contributed by atoms with van der Waals surface area (Å²) in [5.41, 5.74) is 1.30. The van der Waals surface area contributed by atoms with Gasteiger partial charge in [-0.05, 0) is 29.8 Å². The maximum Gasteiger partial charge on any atom is 0.335 e. The van der Waals surface area contributed by atoms with Crippen molar-refractivity contribution in [3.8, 4) is 5.75 Å². The lowest BCUT2D eigenvalue weighted by atomic mass is 10.1. The van der Waals surface area contributed by atoms with Crippen molar-refractivity contribution in [1.82, 2.24) is 5.32 Å². The molecular weight excluding hydrogens is 334 g/mol. The fourth-order valence-corrected chi connectivity index (χ4v) is 2.54. The Morgan fingerprint density at radius 2 is 1.77 bits per heavy atom. The summed E-state index contributed by atoms with van der Waals surface area (Å²) in [5, 5.41) is 2.19. The lowest BCUT2D eigenvalue weighted by Crippen LogP contribution is -2.58. The summed E-state index contributed by atoms with van der Waals surface area (Å²) in [7, 11) is 1.52. The molecule has 0 saturated carbocycles. The topological polar surface area (TPSA) is 88.1 Å². The number of aliphatic imine (C=N–C) groups is 1. The third-order valence-electron chi connectivity index (χ3n) is 3.90. The van der Waals surface area contributed by atoms with Crippen molar-refractivity contribution in [2.45, 2.75) is 6.54 Å². The number of ether oxygens (including phenoxy) is 1. The van der Waals surface area contributed by atoms with E-state index in [1.54, 1.807) is 24.3 Å². The average molecular weight is 351 g/mol. The van der Waals surface area contributed by atoms with Crippen LogP contribution < -0.4 is 15.0 Å². The molecule has 3 rings (SSSR count). The average Bonchev–Trinajstić information content (AvgIpc) is 2.65. The van der Waals surface area contributed by atoms with Gasteiger partial charge in [0.15, 0.2) is 5.92 Å². The monoisotopic (exact) mass is 351 g/mol. The molecule has 132 valence electrons. The second-order valence-corrected chi connectivity index (χ2v) is 5.62. The highest BCUT2D eigenvalue weighted by Gasteiger charge is 2.40. The first-order valence-electron chi connectivity index (χ1n) is 7.97. The molecule has 1 atom stereocenters. The second-order valence-electron chi connectivity index (χ2n) is 5.62. The van der Waals surface area contributed by atoms with E-state index in [0.717, 1.165) is 10.5 Å². The van der Waals surface area contributed by atoms with Crippen LogP contribution in [0.15, 0.2) is 59.6 Å². The second kappa shape index (κ2) is 7.60. The van der Waals surface area contributed by atoms with Gasteiger partial charge in [0.05, 0.1) is 19.3 Å². The van der Waals surface area contributed by atoms with E-state index in [1.807, 2.05) is 30.3 Å². The number of hydrogen-bond donors (Lipinski definition) is 1. The Labute approximate surface area is 150 Å². The molecule has 7 nitrogen and oxygen atoms in total. The Balaban J connectivity index is 1.78. The molecule has 1 aliphatic heterocycles. The van der Waals surface area contributed by atoms with Crippen molar-refractivity contribution in [2.24, 2.45) is 10.9 Å². The quantitative estimate of drug-likeness (QED) is 0.660. The van der Waals surface area contributed by atoms with Gasteiger partial charge < -0.3 is 4.74 Å². The summed E-state index contributed by atoms with van der Waals surface area (Å²) < 4.78 is 5.06. The third kappa shape index (κ3) is 3.61. The number of anilines is 1. The highest BCUT2D eigenvalue weighted by molar-refractivity contribution is 6.32. The van der Waals surface area contributed by atoms with Gasteiger partial charge in [-0.15, -0.1) is 0 Å². The minimum Gasteiger partial charge on any atom is -0.497 e. The summed E-state index contributed by atoms with van der Waals surface area (Å²) in [4.78, 5) is 41.9. The van der Waals surface area contributed by atoms with Crippen LogP contribution in [0.25, 0.3) is 0 Å². The maximum absolute atomic E-state index is 12.7. The van der Waals surface area contributed by atoms with Crippen LogP contribution in [-0.2, 0) is 16.1 Å². The first-order valence-corrected chi connectivity index (χ1v) is 7.97. The molecule has 26 heavy (non-hydrogen) atoms. The largest absolute Gasteiger partial charge is 0.497 e. The minimum atomic E-state index is -1.15. The SMILES string of the molecule is COc1ccc(N2C(=O)NC(=O)[C@@H](C=NCc3ccccc3)C2=O)cc1. The first kappa shape index (κ1) is 17.3. The molecule has 4 amide bonds. The molecule has 0 unspecified atom stereocenters. The summed E-state index contributed by atoms with van der Waals surface area (Å²) in [5.74, 6) is -1.88. The van der Waals surface area contributed by atoms with Crippen molar-refractivity contribution < 1.29 is 19.1 Å². The molecule has 1 aliphatic rings. The van der Waals surface area contributed by atoms with E-state index in [9.17, 15) is 14.4 Å². The van der Waals surface area contributed by atoms with Gasteiger partial charge in [-0.1, -0.05) is 30.3 Å². The fourth-order valence-electron chi connectivity index (χ4n) is 2.54. The van der Waals surface area contributed by atoms with Gasteiger partial charge in [0.1, 0.15) is 5.75 Å². The fraction of sp³-hybridized carbons (Fsp3) is 0.158. The van der Waals surface area contributed by atoms with Crippen molar-refractivity contribution in [3.63, 3.8) is 0 Å². The van der Waals surface area contributed by atoms with Gasteiger partial charge in [0.25, 0.3) is 5.91 Å². The van der Waals surface area contributed by atoms with Gasteiger partial charge in [-0.25, -0.2) is 9.69 Å². The zero-order chi connectivity index (χ0) is 18.5. The molecule has 1 fully saturated rings. The van der Waals surface area contributed by atoms with Crippen molar-refractivity contribution in [2.75, 3.05) is 12.0 Å². The predicted molar refractivity (Wildman–Crippen MR) is 96.1 cm³/mol. The van der Waals surface area contributed by atoms with Crippen LogP contribution in [0.1, 0.15) is 5.56 Å². The molecule has 2 aromatic rings. The van der Waals surface area contributed by atoms with E-state index in [-0.39, 0.29) is 0 Å². The van der Waals surface area contributed by atoms with Gasteiger partial charge >= 0.3 is 6.03 Å². The molecule has 1 N–H and O–H groups in total. The Hall–Kier alpha value is -3.48. The number of nitrogens with zero attached hydrogens (tertiary/aromatic N) is 2. The molecule has 1 heterocycles. The zero-order valence-electron chi connectivity index (χ0n) is 14.1. The molecular formula is C19H17N3O4. The maximum atomic E-state index is 12.7. The van der Waals surface area contributed by atoms with E-state index in [4.69, 9.17) is 4.74 Å². The first-order chi connectivity index (χ1) is 12.6. The smallest absolute Gasteiger partial charge is 0.335 e. The van der Waals surface area contributed by atoms with Crippen LogP contribution >= 0.6 is 0 Å². The number of methoxy groups -OCH3 is 1. The number of barbiturate groups is 1. The van der Waals surface area contributed by atoms with Gasteiger partial charge in [-0.3, -0.25) is 19.9 Å². The number of rotatable bonds is 5.